The van der Waals surface area contributed by atoms with Crippen LogP contribution in [0.2, 0.25) is 0 Å². The molecule has 1 heterocycles. The summed E-state index contributed by atoms with van der Waals surface area (Å²) in [4.78, 5) is 33.1. The van der Waals surface area contributed by atoms with Crippen molar-refractivity contribution in [3.63, 3.8) is 0 Å². The van der Waals surface area contributed by atoms with Crippen LogP contribution < -0.4 is 34.7 Å². The number of ether oxygens (including phenoxy) is 1. The van der Waals surface area contributed by atoms with Gasteiger partial charge >= 0.3 is 35.5 Å². The van der Waals surface area contributed by atoms with Gasteiger partial charge in [0.2, 0.25) is 5.78 Å². The Balaban J connectivity index is 0.000000728. The van der Waals surface area contributed by atoms with E-state index in [1.807, 2.05) is 19.1 Å². The Kier molecular flexibility index (Phi) is 10.6. The van der Waals surface area contributed by atoms with E-state index < -0.39 is 5.97 Å². The van der Waals surface area contributed by atoms with Crippen LogP contribution in [-0.2, 0) is 27.8 Å². The van der Waals surface area contributed by atoms with Gasteiger partial charge in [-0.3, -0.25) is 4.79 Å². The summed E-state index contributed by atoms with van der Waals surface area (Å²) >= 11 is 0. The van der Waals surface area contributed by atoms with E-state index in [0.717, 1.165) is 5.56 Å². The monoisotopic (exact) mass is 379 g/mol. The average molecular weight is 379 g/mol. The van der Waals surface area contributed by atoms with Crippen molar-refractivity contribution in [3.8, 4) is 0 Å². The Morgan fingerprint density at radius 2 is 1.67 bits per heavy atom. The van der Waals surface area contributed by atoms with E-state index in [2.05, 4.69) is 11.3 Å². The molecule has 6 nitrogen and oxygen atoms in total. The molecule has 0 atom stereocenters. The number of nitrogens with zero attached hydrogens (tertiary/aromatic N) is 1. The summed E-state index contributed by atoms with van der Waals surface area (Å²) in [7, 11) is 3.01. The number of carbonyl (C=O) groups excluding carboxylic acids is 3. The molecule has 0 radical (unpaired) electrons. The van der Waals surface area contributed by atoms with Crippen molar-refractivity contribution in [2.45, 2.75) is 20.3 Å². The minimum Gasteiger partial charge on any atom is -0.550 e. The molecule has 0 saturated carbocycles. The zero-order chi connectivity index (χ0) is 19.9. The third-order valence-corrected chi connectivity index (χ3v) is 3.63. The summed E-state index contributed by atoms with van der Waals surface area (Å²) in [6.07, 6.45) is -0.197. The van der Waals surface area contributed by atoms with Crippen molar-refractivity contribution in [2.24, 2.45) is 7.05 Å². The molecule has 1 aromatic carbocycles. The van der Waals surface area contributed by atoms with Crippen LogP contribution >= 0.6 is 0 Å². The van der Waals surface area contributed by atoms with Crippen molar-refractivity contribution < 1.29 is 53.8 Å². The van der Waals surface area contributed by atoms with E-state index in [-0.39, 0.29) is 47.7 Å². The first-order chi connectivity index (χ1) is 12.2. The van der Waals surface area contributed by atoms with E-state index >= 15 is 0 Å². The van der Waals surface area contributed by atoms with Crippen LogP contribution in [0.4, 0.5) is 0 Å². The van der Waals surface area contributed by atoms with Crippen molar-refractivity contribution in [3.05, 3.63) is 71.1 Å². The summed E-state index contributed by atoms with van der Waals surface area (Å²) in [6.45, 7) is 6.91. The van der Waals surface area contributed by atoms with E-state index in [9.17, 15) is 19.5 Å². The zero-order valence-corrected chi connectivity index (χ0v) is 18.4. The number of benzene rings is 1. The molecule has 0 spiro atoms. The molecule has 0 amide bonds. The number of rotatable bonds is 5. The summed E-state index contributed by atoms with van der Waals surface area (Å²) in [5.41, 5.74) is 3.13. The van der Waals surface area contributed by atoms with E-state index in [4.69, 9.17) is 0 Å². The summed E-state index contributed by atoms with van der Waals surface area (Å²) in [5, 5.41) is 10.6. The smallest absolute Gasteiger partial charge is 0.550 e. The van der Waals surface area contributed by atoms with E-state index in [1.165, 1.54) is 7.11 Å². The molecule has 0 N–H and O–H groups in total. The molecular formula is C20H22NNaO5. The van der Waals surface area contributed by atoms with Gasteiger partial charge < -0.3 is 19.2 Å². The van der Waals surface area contributed by atoms with Gasteiger partial charge in [-0.05, 0) is 26.0 Å². The second-order valence-corrected chi connectivity index (χ2v) is 5.78. The molecule has 2 rings (SSSR count). The first-order valence-electron chi connectivity index (χ1n) is 7.87. The van der Waals surface area contributed by atoms with Crippen molar-refractivity contribution in [2.75, 3.05) is 7.11 Å². The number of esters is 1. The van der Waals surface area contributed by atoms with Gasteiger partial charge in [0.1, 0.15) is 0 Å². The molecule has 1 aromatic heterocycles. The number of aryl methyl sites for hydroxylation is 1. The van der Waals surface area contributed by atoms with Crippen LogP contribution in [0.25, 0.3) is 0 Å². The summed E-state index contributed by atoms with van der Waals surface area (Å²) in [6, 6.07) is 10.6. The maximum atomic E-state index is 12.3. The molecule has 2 aromatic rings. The molecular weight excluding hydrogens is 357 g/mol. The number of carboxylic acid groups (broad SMARTS) is 1. The number of methoxy groups -OCH3 is 1. The number of hydrogen-bond donors (Lipinski definition) is 0. The number of carbonyl (C=O) groups is 3. The number of carboxylic acids is 1. The fourth-order valence-corrected chi connectivity index (χ4v) is 2.13. The fraction of sp³-hybridized carbons (Fsp3) is 0.250. The van der Waals surface area contributed by atoms with Crippen LogP contribution in [-0.4, -0.2) is 29.4 Å². The Bertz CT molecular complexity index is 821. The first-order valence-corrected chi connectivity index (χ1v) is 7.87. The third kappa shape index (κ3) is 7.54. The van der Waals surface area contributed by atoms with Gasteiger partial charge in [0, 0.05) is 36.3 Å². The van der Waals surface area contributed by atoms with Crippen LogP contribution in [0.1, 0.15) is 34.2 Å². The predicted molar refractivity (Wildman–Crippen MR) is 95.6 cm³/mol. The maximum absolute atomic E-state index is 12.3. The number of aromatic nitrogens is 1. The van der Waals surface area contributed by atoms with E-state index in [0.29, 0.717) is 22.5 Å². The van der Waals surface area contributed by atoms with Gasteiger partial charge in [-0.1, -0.05) is 36.4 Å². The quantitative estimate of drug-likeness (QED) is 0.276. The van der Waals surface area contributed by atoms with Gasteiger partial charge in [-0.15, -0.1) is 0 Å². The molecule has 0 unspecified atom stereocenters. The second-order valence-electron chi connectivity index (χ2n) is 5.78. The van der Waals surface area contributed by atoms with Crippen LogP contribution in [0.5, 0.6) is 0 Å². The van der Waals surface area contributed by atoms with Gasteiger partial charge in [0.05, 0.1) is 12.8 Å². The van der Waals surface area contributed by atoms with Crippen LogP contribution in [0.15, 0.2) is 48.6 Å². The standard InChI is InChI=1S/C15H15NO3.C5H8O2.Na/c1-10-3-5-11(6-4-10)15(19)13-8-7-12(16(13)2)9-14(17)18;1-4(2)5(6)7-3;/h3-8H,9H2,1-2H3,(H,17,18);1H2,2-3H3;/q;;+1/p-1. The molecule has 0 aliphatic rings. The molecule has 138 valence electrons. The minimum absolute atomic E-state index is 0. The SMILES string of the molecule is C=C(C)C(=O)OC.Cc1ccc(C(=O)c2ccc(CC(=O)[O-])n2C)cc1.[Na+]. The van der Waals surface area contributed by atoms with Crippen LogP contribution in [0.3, 0.4) is 0 Å². The van der Waals surface area contributed by atoms with E-state index in [1.54, 1.807) is 42.8 Å². The number of aliphatic carboxylic acids is 1. The molecule has 0 fully saturated rings. The van der Waals surface area contributed by atoms with Crippen molar-refractivity contribution in [1.29, 1.82) is 0 Å². The molecule has 0 saturated heterocycles. The van der Waals surface area contributed by atoms with Crippen molar-refractivity contribution in [1.82, 2.24) is 4.57 Å². The number of ketones is 1. The number of hydrogen-bond acceptors (Lipinski definition) is 5. The summed E-state index contributed by atoms with van der Waals surface area (Å²) in [5.74, 6) is -1.62. The normalized spacial score (nSPS) is 9.33. The van der Waals surface area contributed by atoms with Gasteiger partial charge in [0.25, 0.3) is 0 Å². The van der Waals surface area contributed by atoms with Crippen molar-refractivity contribution >= 4 is 17.7 Å². The molecule has 7 heteroatoms. The Labute approximate surface area is 181 Å². The Morgan fingerprint density at radius 1 is 1.11 bits per heavy atom. The van der Waals surface area contributed by atoms with Gasteiger partial charge in [-0.25, -0.2) is 4.79 Å². The van der Waals surface area contributed by atoms with Gasteiger partial charge in [0.15, 0.2) is 0 Å². The fourth-order valence-electron chi connectivity index (χ4n) is 2.13. The Morgan fingerprint density at radius 3 is 2.07 bits per heavy atom. The average Bonchev–Trinajstić information content (AvgIpc) is 2.94. The predicted octanol–water partition coefficient (Wildman–Crippen LogP) is -1.40. The maximum Gasteiger partial charge on any atom is 1.00 e. The third-order valence-electron chi connectivity index (χ3n) is 3.63. The zero-order valence-electron chi connectivity index (χ0n) is 16.4. The Hall–Kier alpha value is -2.15. The molecule has 0 bridgehead atoms. The minimum atomic E-state index is -1.16. The second kappa shape index (κ2) is 11.5. The molecule has 0 aliphatic heterocycles. The molecule has 0 aliphatic carbocycles. The topological polar surface area (TPSA) is 88.4 Å². The largest absolute Gasteiger partial charge is 1.00 e. The van der Waals surface area contributed by atoms with Gasteiger partial charge in [-0.2, -0.15) is 0 Å². The molecule has 27 heavy (non-hydrogen) atoms. The summed E-state index contributed by atoms with van der Waals surface area (Å²) < 4.78 is 5.87. The first kappa shape index (κ1) is 24.8. The van der Waals surface area contributed by atoms with Crippen LogP contribution in [0, 0.1) is 6.92 Å².